The summed E-state index contributed by atoms with van der Waals surface area (Å²) < 4.78 is 28.8. The van der Waals surface area contributed by atoms with Crippen LogP contribution < -0.4 is 0 Å². The van der Waals surface area contributed by atoms with Crippen LogP contribution in [0.4, 0.5) is 13.2 Å². The molecule has 0 spiro atoms. The molecule has 5 heavy (non-hydrogen) atoms. The third-order valence-corrected chi connectivity index (χ3v) is 0. The standard InChI is InChI=1S/CF3.Al.2H2/c2-1(3)4;;;/h;;2*1H. The molecule has 0 amide bonds. The third-order valence-electron chi connectivity index (χ3n) is 0. The van der Waals surface area contributed by atoms with E-state index in [1.54, 1.807) is 0 Å². The molecule has 0 rings (SSSR count). The molecule has 0 aromatic heterocycles. The topological polar surface area (TPSA) is 0 Å². The van der Waals surface area contributed by atoms with Gasteiger partial charge in [-0.1, -0.05) is 0 Å². The van der Waals surface area contributed by atoms with Crippen molar-refractivity contribution < 1.29 is 16.0 Å². The van der Waals surface area contributed by atoms with Crippen molar-refractivity contribution in [1.29, 1.82) is 0 Å². The van der Waals surface area contributed by atoms with Gasteiger partial charge in [-0.25, -0.2) is 0 Å². The number of rotatable bonds is 0. The van der Waals surface area contributed by atoms with Crippen LogP contribution in [0.15, 0.2) is 0 Å². The van der Waals surface area contributed by atoms with Crippen LogP contribution in [0.3, 0.4) is 0 Å². The molecular formula is CH4AlF3. The zero-order valence-corrected chi connectivity index (χ0v) is 3.37. The molecule has 0 heterocycles. The van der Waals surface area contributed by atoms with Crippen LogP contribution >= 0.6 is 0 Å². The molecule has 4 heteroatoms. The van der Waals surface area contributed by atoms with E-state index in [0.29, 0.717) is 0 Å². The lowest BCUT2D eigenvalue weighted by atomic mass is 11.6. The van der Waals surface area contributed by atoms with E-state index in [0.717, 1.165) is 0 Å². The van der Waals surface area contributed by atoms with Crippen molar-refractivity contribution in [2.24, 2.45) is 0 Å². The highest BCUT2D eigenvalue weighted by Gasteiger charge is 1.93. The summed E-state index contributed by atoms with van der Waals surface area (Å²) in [6.45, 7) is -3.08. The Balaban J connectivity index is -0.0000000150. The first-order chi connectivity index (χ1) is 1.73. The smallest absolute Gasteiger partial charge is 0.162 e. The molecule has 4 radical (unpaired) electrons. The highest BCUT2D eigenvalue weighted by molar-refractivity contribution is 5.75. The third kappa shape index (κ3) is 224. The van der Waals surface area contributed by atoms with E-state index < -0.39 is 6.68 Å². The highest BCUT2D eigenvalue weighted by atomic mass is 27.0. The van der Waals surface area contributed by atoms with Gasteiger partial charge in [-0.3, -0.25) is 0 Å². The van der Waals surface area contributed by atoms with Crippen LogP contribution in [0.25, 0.3) is 0 Å². The first-order valence-electron chi connectivity index (χ1n) is 0.567. The Morgan fingerprint density at radius 3 is 1.20 bits per heavy atom. The molecule has 32 valence electrons. The molecular weight excluding hydrogens is 96.0 g/mol. The fourth-order valence-electron chi connectivity index (χ4n) is 0. The molecule has 0 unspecified atom stereocenters. The number of hydrogen-bond acceptors (Lipinski definition) is 0. The molecule has 0 saturated heterocycles. The van der Waals surface area contributed by atoms with E-state index >= 15 is 0 Å². The second kappa shape index (κ2) is 4.32. The lowest BCUT2D eigenvalue weighted by Crippen LogP contribution is -1.49. The normalized spacial score (nSPS) is 7.20. The molecule has 0 atom stereocenters. The van der Waals surface area contributed by atoms with Gasteiger partial charge in [0.05, 0.1) is 0 Å². The van der Waals surface area contributed by atoms with Crippen molar-refractivity contribution in [3.05, 3.63) is 6.68 Å². The second-order valence-electron chi connectivity index (χ2n) is 0.214. The molecule has 0 aromatic rings. The average molecular weight is 100 g/mol. The zero-order chi connectivity index (χ0) is 3.58. The van der Waals surface area contributed by atoms with Crippen LogP contribution in [-0.4, -0.2) is 17.4 Å². The van der Waals surface area contributed by atoms with Crippen LogP contribution in [0.5, 0.6) is 0 Å². The summed E-state index contributed by atoms with van der Waals surface area (Å²) in [5.41, 5.74) is 0. The predicted octanol–water partition coefficient (Wildman–Crippen LogP) is 1.45. The van der Waals surface area contributed by atoms with Gasteiger partial charge in [0.2, 0.25) is 0 Å². The van der Waals surface area contributed by atoms with E-state index in [9.17, 15) is 13.2 Å². The largest absolute Gasteiger partial charge is 0.487 e. The van der Waals surface area contributed by atoms with Crippen molar-refractivity contribution >= 4 is 17.4 Å². The molecule has 0 aliphatic heterocycles. The summed E-state index contributed by atoms with van der Waals surface area (Å²) in [5, 5.41) is 0. The second-order valence-corrected chi connectivity index (χ2v) is 0.214. The molecule has 0 aliphatic rings. The van der Waals surface area contributed by atoms with E-state index in [2.05, 4.69) is 0 Å². The summed E-state index contributed by atoms with van der Waals surface area (Å²) in [4.78, 5) is 0. The Labute approximate surface area is 41.1 Å². The van der Waals surface area contributed by atoms with Gasteiger partial charge in [0.25, 0.3) is 0 Å². The first kappa shape index (κ1) is 9.01. The Bertz CT molecular complexity index is 17.7. The molecule has 0 nitrogen and oxygen atoms in total. The zero-order valence-electron chi connectivity index (χ0n) is 2.21. The Morgan fingerprint density at radius 2 is 1.20 bits per heavy atom. The minimum atomic E-state index is -3.08. The maximum atomic E-state index is 9.58. The molecule has 0 N–H and O–H groups in total. The van der Waals surface area contributed by atoms with Gasteiger partial charge in [-0.15, -0.1) is 0 Å². The van der Waals surface area contributed by atoms with Gasteiger partial charge in [-0.2, -0.15) is 13.2 Å². The molecule has 0 fully saturated rings. The predicted molar refractivity (Wildman–Crippen MR) is 16.5 cm³/mol. The maximum Gasteiger partial charge on any atom is 0.487 e. The van der Waals surface area contributed by atoms with Crippen LogP contribution in [-0.2, 0) is 0 Å². The van der Waals surface area contributed by atoms with E-state index in [1.807, 2.05) is 0 Å². The first-order valence-corrected chi connectivity index (χ1v) is 0.567. The van der Waals surface area contributed by atoms with Crippen molar-refractivity contribution in [2.45, 2.75) is 0 Å². The summed E-state index contributed by atoms with van der Waals surface area (Å²) in [5.74, 6) is 0. The minimum absolute atomic E-state index is 0. The Morgan fingerprint density at radius 1 is 1.20 bits per heavy atom. The minimum Gasteiger partial charge on any atom is -0.162 e. The van der Waals surface area contributed by atoms with Gasteiger partial charge >= 0.3 is 6.68 Å². The fraction of sp³-hybridized carbons (Fsp3) is 0. The molecule has 0 aliphatic carbocycles. The lowest BCUT2D eigenvalue weighted by molar-refractivity contribution is 0.142. The maximum absolute atomic E-state index is 9.58. The summed E-state index contributed by atoms with van der Waals surface area (Å²) >= 11 is 0. The van der Waals surface area contributed by atoms with Gasteiger partial charge in [0.1, 0.15) is 0 Å². The van der Waals surface area contributed by atoms with E-state index in [4.69, 9.17) is 0 Å². The monoisotopic (exact) mass is 100 g/mol. The van der Waals surface area contributed by atoms with Crippen LogP contribution in [0.2, 0.25) is 0 Å². The van der Waals surface area contributed by atoms with Gasteiger partial charge in [0, 0.05) is 20.2 Å². The SMILES string of the molecule is F[C](F)F.[Al].[HH].[HH]. The Kier molecular flexibility index (Phi) is 7.79. The average Bonchev–Trinajstić information content (AvgIpc) is 0.811. The quantitative estimate of drug-likeness (QED) is 0.404. The highest BCUT2D eigenvalue weighted by Crippen LogP contribution is 1.99. The summed E-state index contributed by atoms with van der Waals surface area (Å²) in [7, 11) is 0. The molecule has 0 aromatic carbocycles. The van der Waals surface area contributed by atoms with Crippen molar-refractivity contribution in [1.82, 2.24) is 0 Å². The van der Waals surface area contributed by atoms with Gasteiger partial charge < -0.3 is 0 Å². The van der Waals surface area contributed by atoms with E-state index in [1.165, 1.54) is 0 Å². The van der Waals surface area contributed by atoms with Crippen LogP contribution in [0.1, 0.15) is 2.85 Å². The lowest BCUT2D eigenvalue weighted by Gasteiger charge is -1.60. The van der Waals surface area contributed by atoms with Crippen molar-refractivity contribution in [3.63, 3.8) is 0 Å². The Hall–Kier alpha value is 0.322. The van der Waals surface area contributed by atoms with Crippen molar-refractivity contribution in [3.8, 4) is 0 Å². The van der Waals surface area contributed by atoms with Crippen LogP contribution in [0, 0.1) is 6.68 Å². The number of hydrogen-bond donors (Lipinski definition) is 0. The number of halogens is 3. The fourth-order valence-corrected chi connectivity index (χ4v) is 0. The van der Waals surface area contributed by atoms with Crippen molar-refractivity contribution in [2.75, 3.05) is 0 Å². The molecule has 0 bridgehead atoms. The summed E-state index contributed by atoms with van der Waals surface area (Å²) in [6.07, 6.45) is 0. The van der Waals surface area contributed by atoms with Gasteiger partial charge in [-0.05, 0) is 0 Å². The van der Waals surface area contributed by atoms with Gasteiger partial charge in [0.15, 0.2) is 0 Å². The van der Waals surface area contributed by atoms with E-state index in [-0.39, 0.29) is 20.2 Å². The molecule has 0 saturated carbocycles. The summed E-state index contributed by atoms with van der Waals surface area (Å²) in [6, 6.07) is 0.